The number of amidine groups is 1. The molecule has 110 valence electrons. The molecule has 0 aliphatic rings. The molecular weight excluding hydrogens is 270 g/mol. The van der Waals surface area contributed by atoms with Crippen molar-refractivity contribution in [1.82, 2.24) is 14.9 Å². The maximum Gasteiger partial charge on any atom is 0.251 e. The van der Waals surface area contributed by atoms with Crippen molar-refractivity contribution in [2.75, 3.05) is 0 Å². The molecule has 2 rings (SSSR count). The van der Waals surface area contributed by atoms with E-state index in [9.17, 15) is 4.79 Å². The molecule has 1 atom stereocenters. The van der Waals surface area contributed by atoms with Gasteiger partial charge in [0.2, 0.25) is 0 Å². The highest BCUT2D eigenvalue weighted by atomic mass is 16.4. The first-order valence-electron chi connectivity index (χ1n) is 6.44. The van der Waals surface area contributed by atoms with Crippen molar-refractivity contribution in [2.24, 2.45) is 10.9 Å². The Morgan fingerprint density at radius 1 is 1.52 bits per heavy atom. The first-order chi connectivity index (χ1) is 10.1. The van der Waals surface area contributed by atoms with Crippen LogP contribution in [0.2, 0.25) is 0 Å². The Morgan fingerprint density at radius 3 is 2.95 bits per heavy atom. The summed E-state index contributed by atoms with van der Waals surface area (Å²) in [5.41, 5.74) is 6.46. The molecule has 7 nitrogen and oxygen atoms in total. The predicted octanol–water partition coefficient (Wildman–Crippen LogP) is 0.796. The summed E-state index contributed by atoms with van der Waals surface area (Å²) in [6.07, 6.45) is 5.22. The number of hydrogen-bond donors (Lipinski definition) is 3. The summed E-state index contributed by atoms with van der Waals surface area (Å²) in [4.78, 5) is 16.1. The minimum Gasteiger partial charge on any atom is -0.409 e. The molecule has 0 aliphatic heterocycles. The van der Waals surface area contributed by atoms with Gasteiger partial charge in [0.15, 0.2) is 5.84 Å². The number of carbonyl (C=O) groups excluding carboxylic acids is 1. The zero-order valence-corrected chi connectivity index (χ0v) is 11.6. The third-order valence-corrected chi connectivity index (χ3v) is 2.95. The second-order valence-corrected chi connectivity index (χ2v) is 4.70. The molecular formula is C14H17N5O2. The van der Waals surface area contributed by atoms with E-state index in [0.29, 0.717) is 17.7 Å². The molecule has 21 heavy (non-hydrogen) atoms. The molecule has 0 saturated heterocycles. The number of nitrogens with two attached hydrogens (primary N) is 1. The fourth-order valence-electron chi connectivity index (χ4n) is 1.94. The average Bonchev–Trinajstić information content (AvgIpc) is 2.99. The minimum atomic E-state index is -0.213. The van der Waals surface area contributed by atoms with Crippen LogP contribution in [0, 0.1) is 0 Å². The smallest absolute Gasteiger partial charge is 0.251 e. The van der Waals surface area contributed by atoms with Gasteiger partial charge in [0, 0.05) is 36.1 Å². The van der Waals surface area contributed by atoms with Crippen LogP contribution in [0.5, 0.6) is 0 Å². The van der Waals surface area contributed by atoms with E-state index in [2.05, 4.69) is 15.5 Å². The lowest BCUT2D eigenvalue weighted by molar-refractivity contribution is 0.0936. The Kier molecular flexibility index (Phi) is 4.55. The van der Waals surface area contributed by atoms with Crippen molar-refractivity contribution in [3.63, 3.8) is 0 Å². The van der Waals surface area contributed by atoms with Gasteiger partial charge in [-0.15, -0.1) is 0 Å². The lowest BCUT2D eigenvalue weighted by Crippen LogP contribution is -2.35. The topological polar surface area (TPSA) is 106 Å². The molecule has 0 saturated carbocycles. The van der Waals surface area contributed by atoms with Crippen LogP contribution in [0.1, 0.15) is 22.8 Å². The number of rotatable bonds is 5. The third kappa shape index (κ3) is 3.82. The van der Waals surface area contributed by atoms with Crippen LogP contribution in [0.25, 0.3) is 0 Å². The number of aromatic nitrogens is 2. The summed E-state index contributed by atoms with van der Waals surface area (Å²) in [5.74, 6) is -0.244. The van der Waals surface area contributed by atoms with Crippen molar-refractivity contribution < 1.29 is 10.0 Å². The van der Waals surface area contributed by atoms with Crippen molar-refractivity contribution in [2.45, 2.75) is 19.5 Å². The molecule has 0 radical (unpaired) electrons. The van der Waals surface area contributed by atoms with E-state index in [1.54, 1.807) is 36.8 Å². The van der Waals surface area contributed by atoms with E-state index in [-0.39, 0.29) is 17.8 Å². The quantitative estimate of drug-likeness (QED) is 0.327. The standard InChI is InChI=1S/C14H17N5O2/c1-10(8-19-6-5-16-9-19)17-14(20)12-4-2-3-11(7-12)13(15)18-21/h2-7,9-10,21H,8H2,1H3,(H2,15,18)(H,17,20). The molecule has 2 aromatic rings. The fraction of sp³-hybridized carbons (Fsp3) is 0.214. The molecule has 7 heteroatoms. The number of nitrogens with one attached hydrogen (secondary N) is 1. The zero-order chi connectivity index (χ0) is 15.2. The van der Waals surface area contributed by atoms with Crippen molar-refractivity contribution >= 4 is 11.7 Å². The van der Waals surface area contributed by atoms with Crippen LogP contribution >= 0.6 is 0 Å². The Labute approximate surface area is 122 Å². The SMILES string of the molecule is CC(Cn1ccnc1)NC(=O)c1cccc(C(N)=NO)c1. The first-order valence-corrected chi connectivity index (χ1v) is 6.44. The van der Waals surface area contributed by atoms with E-state index in [1.165, 1.54) is 0 Å². The Hall–Kier alpha value is -2.83. The van der Waals surface area contributed by atoms with Gasteiger partial charge >= 0.3 is 0 Å². The monoisotopic (exact) mass is 287 g/mol. The normalized spacial score (nSPS) is 12.9. The van der Waals surface area contributed by atoms with Gasteiger partial charge in [0.1, 0.15) is 0 Å². The van der Waals surface area contributed by atoms with Gasteiger partial charge in [-0.25, -0.2) is 4.98 Å². The highest BCUT2D eigenvalue weighted by molar-refractivity contribution is 6.01. The van der Waals surface area contributed by atoms with E-state index < -0.39 is 0 Å². The van der Waals surface area contributed by atoms with Gasteiger partial charge in [0.05, 0.1) is 6.33 Å². The Bertz CT molecular complexity index is 637. The summed E-state index contributed by atoms with van der Waals surface area (Å²) >= 11 is 0. The number of nitrogens with zero attached hydrogens (tertiary/aromatic N) is 3. The van der Waals surface area contributed by atoms with Gasteiger partial charge in [-0.2, -0.15) is 0 Å². The molecule has 1 aromatic carbocycles. The summed E-state index contributed by atoms with van der Waals surface area (Å²) in [7, 11) is 0. The molecule has 0 fully saturated rings. The second-order valence-electron chi connectivity index (χ2n) is 4.70. The van der Waals surface area contributed by atoms with E-state index in [4.69, 9.17) is 10.9 Å². The average molecular weight is 287 g/mol. The van der Waals surface area contributed by atoms with Crippen LogP contribution in [-0.2, 0) is 6.54 Å². The van der Waals surface area contributed by atoms with E-state index in [0.717, 1.165) is 0 Å². The van der Waals surface area contributed by atoms with Crippen molar-refractivity contribution in [1.29, 1.82) is 0 Å². The fourth-order valence-corrected chi connectivity index (χ4v) is 1.94. The molecule has 1 heterocycles. The van der Waals surface area contributed by atoms with E-state index in [1.807, 2.05) is 17.7 Å². The van der Waals surface area contributed by atoms with Crippen LogP contribution in [0.15, 0.2) is 48.1 Å². The minimum absolute atomic E-state index is 0.0314. The van der Waals surface area contributed by atoms with Gasteiger partial charge in [-0.1, -0.05) is 17.3 Å². The number of carbonyl (C=O) groups is 1. The molecule has 0 aliphatic carbocycles. The van der Waals surface area contributed by atoms with Crippen LogP contribution in [0.3, 0.4) is 0 Å². The molecule has 0 spiro atoms. The Morgan fingerprint density at radius 2 is 2.29 bits per heavy atom. The third-order valence-electron chi connectivity index (χ3n) is 2.95. The van der Waals surface area contributed by atoms with Gasteiger partial charge < -0.3 is 20.8 Å². The molecule has 1 unspecified atom stereocenters. The molecule has 1 amide bonds. The zero-order valence-electron chi connectivity index (χ0n) is 11.6. The molecule has 4 N–H and O–H groups in total. The predicted molar refractivity (Wildman–Crippen MR) is 78.1 cm³/mol. The summed E-state index contributed by atoms with van der Waals surface area (Å²) in [6.45, 7) is 2.54. The van der Waals surface area contributed by atoms with Crippen LogP contribution in [-0.4, -0.2) is 32.5 Å². The lowest BCUT2D eigenvalue weighted by Gasteiger charge is -2.14. The first kappa shape index (κ1) is 14.6. The molecule has 0 bridgehead atoms. The maximum atomic E-state index is 12.2. The molecule has 1 aromatic heterocycles. The largest absolute Gasteiger partial charge is 0.409 e. The highest BCUT2D eigenvalue weighted by Gasteiger charge is 2.11. The van der Waals surface area contributed by atoms with E-state index >= 15 is 0 Å². The van der Waals surface area contributed by atoms with Gasteiger partial charge in [0.25, 0.3) is 5.91 Å². The number of hydrogen-bond acceptors (Lipinski definition) is 4. The summed E-state index contributed by atoms with van der Waals surface area (Å²) < 4.78 is 1.89. The second kappa shape index (κ2) is 6.56. The summed E-state index contributed by atoms with van der Waals surface area (Å²) in [6, 6.07) is 6.55. The number of oxime groups is 1. The van der Waals surface area contributed by atoms with Gasteiger partial charge in [-0.3, -0.25) is 4.79 Å². The van der Waals surface area contributed by atoms with Crippen molar-refractivity contribution in [3.8, 4) is 0 Å². The van der Waals surface area contributed by atoms with Crippen molar-refractivity contribution in [3.05, 3.63) is 54.1 Å². The summed E-state index contributed by atoms with van der Waals surface area (Å²) in [5, 5.41) is 14.5. The lowest BCUT2D eigenvalue weighted by atomic mass is 10.1. The van der Waals surface area contributed by atoms with Gasteiger partial charge in [-0.05, 0) is 19.1 Å². The maximum absolute atomic E-state index is 12.2. The highest BCUT2D eigenvalue weighted by Crippen LogP contribution is 2.06. The number of amides is 1. The van der Waals surface area contributed by atoms with Crippen LogP contribution in [0.4, 0.5) is 0 Å². The Balaban J connectivity index is 2.03. The number of imidazole rings is 1. The van der Waals surface area contributed by atoms with Crippen LogP contribution < -0.4 is 11.1 Å². The number of benzene rings is 1.